The number of nitrogens with two attached hydrogens (primary N) is 1. The molecule has 21 nitrogen and oxygen atoms in total. The summed E-state index contributed by atoms with van der Waals surface area (Å²) < 4.78 is 0. The number of carboxylic acids is 1. The fourth-order valence-electron chi connectivity index (χ4n) is 5.00. The Hall–Kier alpha value is -5.61. The zero-order valence-electron chi connectivity index (χ0n) is 28.6. The summed E-state index contributed by atoms with van der Waals surface area (Å²) in [7, 11) is 1.33. The number of anilines is 2. The molecule has 3 amide bonds. The van der Waals surface area contributed by atoms with Crippen LogP contribution in [0.3, 0.4) is 0 Å². The standard InChI is InChI=1S/C32H43N9O12/c1-34-28(49)16(4-9-23(46)36-13-21(44)25(47)26(48)22(45)14-42)10-19(43)7-8-20(31(52)53)39-29(50)15-2-5-17(6-3-15)35-11-18-12-37-27-24(38-18)30(51)41-32(33)40-27/h2-3,5-6,12,16,20-22,25-26,35,42,44-45,47-48H,4,7-11,13-14H2,1H3,(H,34,49)(H,36,46)(H,39,50)(H,52,53)(H3,33,37,40,41,51)/t16-,20+,21+,22-,25-,26-/m1/s1. The SMILES string of the molecule is CNC(=O)[C@H](CCC(=O)NC[C@H](O)[C@@H](O)[C@H](O)[C@H](O)CO)CC(=O)CC[C@H](NC(=O)c1ccc(NCc2cnc3nc(N)[nH]c(=O)c3n2)cc1)C(=O)O. The molecule has 288 valence electrons. The Balaban J connectivity index is 1.48. The number of aliphatic carboxylic acids is 1. The molecule has 0 saturated heterocycles. The molecule has 0 aliphatic heterocycles. The summed E-state index contributed by atoms with van der Waals surface area (Å²) in [6.07, 6.45) is -7.04. The van der Waals surface area contributed by atoms with Crippen LogP contribution in [0.4, 0.5) is 11.6 Å². The molecule has 0 bridgehead atoms. The van der Waals surface area contributed by atoms with Gasteiger partial charge in [-0.2, -0.15) is 4.98 Å². The lowest BCUT2D eigenvalue weighted by atomic mass is 9.93. The van der Waals surface area contributed by atoms with E-state index >= 15 is 0 Å². The van der Waals surface area contributed by atoms with Crippen LogP contribution < -0.4 is 32.6 Å². The van der Waals surface area contributed by atoms with E-state index in [-0.39, 0.29) is 61.3 Å². The van der Waals surface area contributed by atoms with Crippen LogP contribution in [0.15, 0.2) is 35.3 Å². The number of rotatable bonds is 21. The number of H-pyrrole nitrogens is 1. The van der Waals surface area contributed by atoms with Gasteiger partial charge in [0.1, 0.15) is 30.1 Å². The van der Waals surface area contributed by atoms with E-state index in [0.717, 1.165) is 0 Å². The molecular weight excluding hydrogens is 702 g/mol. The predicted molar refractivity (Wildman–Crippen MR) is 185 cm³/mol. The third kappa shape index (κ3) is 12.5. The predicted octanol–water partition coefficient (Wildman–Crippen LogP) is -3.48. The van der Waals surface area contributed by atoms with Gasteiger partial charge in [-0.15, -0.1) is 0 Å². The molecule has 0 aliphatic carbocycles. The van der Waals surface area contributed by atoms with Gasteiger partial charge in [0.25, 0.3) is 11.5 Å². The number of carbonyl (C=O) groups is 5. The van der Waals surface area contributed by atoms with Crippen molar-refractivity contribution in [3.05, 3.63) is 52.1 Å². The van der Waals surface area contributed by atoms with Gasteiger partial charge in [-0.1, -0.05) is 0 Å². The largest absolute Gasteiger partial charge is 0.480 e. The number of benzene rings is 1. The number of Topliss-reactive ketones (excluding diaryl/α,β-unsaturated/α-hetero) is 1. The molecule has 0 aliphatic rings. The lowest BCUT2D eigenvalue weighted by Gasteiger charge is -2.25. The van der Waals surface area contributed by atoms with Crippen LogP contribution in [0.2, 0.25) is 0 Å². The van der Waals surface area contributed by atoms with E-state index in [1.807, 2.05) is 0 Å². The van der Waals surface area contributed by atoms with E-state index in [1.54, 1.807) is 12.1 Å². The van der Waals surface area contributed by atoms with Gasteiger partial charge in [0.15, 0.2) is 11.2 Å². The zero-order chi connectivity index (χ0) is 39.2. The molecule has 2 aromatic heterocycles. The Labute approximate surface area is 301 Å². The van der Waals surface area contributed by atoms with Gasteiger partial charge in [-0.05, 0) is 37.1 Å². The normalized spacial score (nSPS) is 14.6. The van der Waals surface area contributed by atoms with E-state index in [1.165, 1.54) is 25.4 Å². The maximum absolute atomic E-state index is 12.8. The van der Waals surface area contributed by atoms with Crippen LogP contribution in [0, 0.1) is 5.92 Å². The van der Waals surface area contributed by atoms with Gasteiger partial charge < -0.3 is 57.6 Å². The van der Waals surface area contributed by atoms with Crippen LogP contribution in [0.5, 0.6) is 0 Å². The number of carboxylic acid groups (broad SMARTS) is 1. The Morgan fingerprint density at radius 3 is 2.26 bits per heavy atom. The monoisotopic (exact) mass is 745 g/mol. The third-order valence-corrected chi connectivity index (χ3v) is 8.07. The Kier molecular flexibility index (Phi) is 15.7. The number of hydrogen-bond acceptors (Lipinski definition) is 16. The van der Waals surface area contributed by atoms with Gasteiger partial charge in [0.05, 0.1) is 31.1 Å². The second kappa shape index (κ2) is 19.8. The molecule has 0 spiro atoms. The number of aromatic nitrogens is 4. The summed E-state index contributed by atoms with van der Waals surface area (Å²) in [4.78, 5) is 88.9. The number of nitrogens with one attached hydrogen (secondary N) is 5. The number of fused-ring (bicyclic) bond motifs is 1. The van der Waals surface area contributed by atoms with E-state index in [4.69, 9.17) is 10.8 Å². The smallest absolute Gasteiger partial charge is 0.326 e. The first-order valence-corrected chi connectivity index (χ1v) is 16.4. The number of nitrogens with zero attached hydrogens (tertiary/aromatic N) is 3. The quantitative estimate of drug-likeness (QED) is 0.0504. The van der Waals surface area contributed by atoms with Crippen molar-refractivity contribution in [2.45, 2.75) is 69.1 Å². The van der Waals surface area contributed by atoms with Crippen LogP contribution >= 0.6 is 0 Å². The fraction of sp³-hybridized carbons (Fsp3) is 0.469. The first kappa shape index (κ1) is 41.8. The van der Waals surface area contributed by atoms with Crippen molar-refractivity contribution < 1.29 is 54.6 Å². The van der Waals surface area contributed by atoms with E-state index in [2.05, 4.69) is 41.2 Å². The van der Waals surface area contributed by atoms with Crippen molar-refractivity contribution >= 4 is 52.3 Å². The Morgan fingerprint density at radius 2 is 1.62 bits per heavy atom. The van der Waals surface area contributed by atoms with Crippen molar-refractivity contribution in [1.82, 2.24) is 35.9 Å². The van der Waals surface area contributed by atoms with Crippen LogP contribution in [0.25, 0.3) is 11.2 Å². The maximum atomic E-state index is 12.8. The minimum atomic E-state index is -1.88. The average molecular weight is 746 g/mol. The van der Waals surface area contributed by atoms with Crippen LogP contribution in [-0.2, 0) is 25.7 Å². The number of amides is 3. The Bertz CT molecular complexity index is 1810. The maximum Gasteiger partial charge on any atom is 0.326 e. The topological polar surface area (TPSA) is 352 Å². The van der Waals surface area contributed by atoms with Gasteiger partial charge in [-0.25, -0.2) is 14.8 Å². The highest BCUT2D eigenvalue weighted by molar-refractivity contribution is 5.97. The molecule has 0 saturated carbocycles. The molecular formula is C32H43N9O12. The molecule has 1 aromatic carbocycles. The molecule has 3 aromatic rings. The van der Waals surface area contributed by atoms with Crippen LogP contribution in [-0.4, -0.2) is 131 Å². The second-order valence-corrected chi connectivity index (χ2v) is 12.0. The third-order valence-electron chi connectivity index (χ3n) is 8.07. The summed E-state index contributed by atoms with van der Waals surface area (Å²) in [6.45, 7) is -1.23. The van der Waals surface area contributed by atoms with Gasteiger partial charge in [-0.3, -0.25) is 29.0 Å². The number of hydrogen-bond donors (Lipinski definition) is 12. The number of carbonyl (C=O) groups excluding carboxylic acids is 4. The van der Waals surface area contributed by atoms with Gasteiger partial charge in [0, 0.05) is 50.0 Å². The molecule has 53 heavy (non-hydrogen) atoms. The zero-order valence-corrected chi connectivity index (χ0v) is 28.6. The number of aliphatic hydroxyl groups is 5. The number of aliphatic hydroxyl groups excluding tert-OH is 5. The molecule has 0 fully saturated rings. The highest BCUT2D eigenvalue weighted by Gasteiger charge is 2.30. The first-order chi connectivity index (χ1) is 25.1. The summed E-state index contributed by atoms with van der Waals surface area (Å²) in [6, 6.07) is 4.59. The molecule has 2 heterocycles. The fourth-order valence-corrected chi connectivity index (χ4v) is 5.00. The number of aromatic amines is 1. The van der Waals surface area contributed by atoms with Crippen molar-refractivity contribution in [3.8, 4) is 0 Å². The summed E-state index contributed by atoms with van der Waals surface area (Å²) in [5.41, 5.74) is 6.21. The van der Waals surface area contributed by atoms with Crippen molar-refractivity contribution in [3.63, 3.8) is 0 Å². The van der Waals surface area contributed by atoms with Gasteiger partial charge in [0.2, 0.25) is 17.8 Å². The van der Waals surface area contributed by atoms with Crippen molar-refractivity contribution in [1.29, 1.82) is 0 Å². The first-order valence-electron chi connectivity index (χ1n) is 16.4. The second-order valence-electron chi connectivity index (χ2n) is 12.0. The van der Waals surface area contributed by atoms with E-state index in [0.29, 0.717) is 11.4 Å². The highest BCUT2D eigenvalue weighted by Crippen LogP contribution is 2.16. The van der Waals surface area contributed by atoms with E-state index in [9.17, 15) is 54.3 Å². The van der Waals surface area contributed by atoms with E-state index < -0.39 is 84.6 Å². The van der Waals surface area contributed by atoms with Crippen molar-refractivity contribution in [2.75, 3.05) is 31.2 Å². The number of ketones is 1. The molecule has 3 rings (SSSR count). The van der Waals surface area contributed by atoms with Crippen molar-refractivity contribution in [2.24, 2.45) is 5.92 Å². The highest BCUT2D eigenvalue weighted by atomic mass is 16.4. The lowest BCUT2D eigenvalue weighted by Crippen LogP contribution is -2.49. The Morgan fingerprint density at radius 1 is 0.943 bits per heavy atom. The summed E-state index contributed by atoms with van der Waals surface area (Å²) in [5.74, 6) is -4.85. The summed E-state index contributed by atoms with van der Waals surface area (Å²) >= 11 is 0. The molecule has 13 N–H and O–H groups in total. The molecule has 0 radical (unpaired) electrons. The number of nitrogen functional groups attached to an aromatic ring is 1. The minimum Gasteiger partial charge on any atom is -0.480 e. The summed E-state index contributed by atoms with van der Waals surface area (Å²) in [5, 5.41) is 67.6. The van der Waals surface area contributed by atoms with Gasteiger partial charge >= 0.3 is 5.97 Å². The average Bonchev–Trinajstić information content (AvgIpc) is 3.14. The van der Waals surface area contributed by atoms with Crippen LogP contribution in [0.1, 0.15) is 48.2 Å². The lowest BCUT2D eigenvalue weighted by molar-refractivity contribution is -0.139. The molecule has 6 atom stereocenters. The minimum absolute atomic E-state index is 0.0151. The molecule has 21 heteroatoms. The molecule has 0 unspecified atom stereocenters.